The van der Waals surface area contributed by atoms with Gasteiger partial charge in [0.2, 0.25) is 0 Å². The van der Waals surface area contributed by atoms with Crippen molar-refractivity contribution in [1.29, 1.82) is 0 Å². The van der Waals surface area contributed by atoms with Crippen molar-refractivity contribution in [3.05, 3.63) is 93.7 Å². The van der Waals surface area contributed by atoms with Crippen molar-refractivity contribution in [1.82, 2.24) is 14.9 Å². The standard InChI is InChI=1S/C19H19FN4O2.2ClH/c1-14-22-13-18(24(25)26)23(14)11-10-21-19(15-6-3-2-4-7-15)16-8-5-9-17(20)12-16;;/h2-9,12-13,19,21H,10-11H2,1H3;2*1H. The van der Waals surface area contributed by atoms with Crippen LogP contribution in [0, 0.1) is 22.9 Å². The number of hydrogen-bond donors (Lipinski definition) is 1. The van der Waals surface area contributed by atoms with E-state index in [0.717, 1.165) is 11.1 Å². The first kappa shape index (κ1) is 23.6. The normalized spacial score (nSPS) is 11.2. The first-order valence-corrected chi connectivity index (χ1v) is 8.26. The highest BCUT2D eigenvalue weighted by Gasteiger charge is 2.19. The molecule has 1 heterocycles. The zero-order chi connectivity index (χ0) is 18.5. The van der Waals surface area contributed by atoms with Crippen molar-refractivity contribution in [2.24, 2.45) is 0 Å². The van der Waals surface area contributed by atoms with E-state index in [1.807, 2.05) is 36.4 Å². The molecule has 0 aliphatic rings. The van der Waals surface area contributed by atoms with E-state index in [-0.39, 0.29) is 42.5 Å². The van der Waals surface area contributed by atoms with Crippen LogP contribution in [-0.4, -0.2) is 21.0 Å². The quantitative estimate of drug-likeness (QED) is 0.446. The number of aryl methyl sites for hydroxylation is 1. The van der Waals surface area contributed by atoms with Crippen LogP contribution < -0.4 is 5.32 Å². The first-order valence-electron chi connectivity index (χ1n) is 8.26. The minimum absolute atomic E-state index is 0. The highest BCUT2D eigenvalue weighted by molar-refractivity contribution is 5.85. The van der Waals surface area contributed by atoms with E-state index in [1.165, 1.54) is 18.3 Å². The fourth-order valence-corrected chi connectivity index (χ4v) is 2.96. The number of hydrogen-bond acceptors (Lipinski definition) is 4. The molecule has 3 rings (SSSR count). The van der Waals surface area contributed by atoms with Crippen LogP contribution in [0.3, 0.4) is 0 Å². The van der Waals surface area contributed by atoms with Gasteiger partial charge < -0.3 is 15.4 Å². The molecule has 0 aliphatic heterocycles. The van der Waals surface area contributed by atoms with Crippen molar-refractivity contribution in [2.45, 2.75) is 19.5 Å². The van der Waals surface area contributed by atoms with Crippen LogP contribution in [-0.2, 0) is 6.54 Å². The molecule has 1 atom stereocenters. The third-order valence-electron chi connectivity index (χ3n) is 4.22. The van der Waals surface area contributed by atoms with Gasteiger partial charge in [-0.05, 0) is 28.2 Å². The van der Waals surface area contributed by atoms with Gasteiger partial charge >= 0.3 is 5.82 Å². The summed E-state index contributed by atoms with van der Waals surface area (Å²) in [6, 6.07) is 15.9. The van der Waals surface area contributed by atoms with Gasteiger partial charge in [-0.15, -0.1) is 24.8 Å². The number of benzene rings is 2. The Morgan fingerprint density at radius 3 is 2.46 bits per heavy atom. The Bertz CT molecular complexity index is 906. The maximum Gasteiger partial charge on any atom is 0.342 e. The van der Waals surface area contributed by atoms with Crippen LogP contribution in [0.4, 0.5) is 10.2 Å². The third kappa shape index (κ3) is 5.51. The third-order valence-corrected chi connectivity index (χ3v) is 4.22. The summed E-state index contributed by atoms with van der Waals surface area (Å²) < 4.78 is 15.2. The van der Waals surface area contributed by atoms with E-state index in [1.54, 1.807) is 17.6 Å². The Kier molecular flexibility index (Phi) is 9.05. The fraction of sp³-hybridized carbons (Fsp3) is 0.211. The van der Waals surface area contributed by atoms with Crippen LogP contribution in [0.1, 0.15) is 23.0 Å². The zero-order valence-electron chi connectivity index (χ0n) is 15.1. The predicted molar refractivity (Wildman–Crippen MR) is 111 cm³/mol. The molecule has 6 nitrogen and oxygen atoms in total. The molecular formula is C19H21Cl2FN4O2. The molecule has 0 saturated carbocycles. The van der Waals surface area contributed by atoms with Gasteiger partial charge in [0.25, 0.3) is 0 Å². The van der Waals surface area contributed by atoms with Gasteiger partial charge in [-0.25, -0.2) is 13.9 Å². The lowest BCUT2D eigenvalue weighted by Crippen LogP contribution is -2.27. The second-order valence-corrected chi connectivity index (χ2v) is 5.93. The van der Waals surface area contributed by atoms with Crippen LogP contribution in [0.25, 0.3) is 0 Å². The van der Waals surface area contributed by atoms with Crippen molar-refractivity contribution < 1.29 is 9.31 Å². The number of imidazole rings is 1. The molecule has 3 aromatic rings. The van der Waals surface area contributed by atoms with E-state index < -0.39 is 4.92 Å². The molecule has 1 aromatic heterocycles. The fourth-order valence-electron chi connectivity index (χ4n) is 2.96. The van der Waals surface area contributed by atoms with Gasteiger partial charge in [0.15, 0.2) is 5.82 Å². The molecule has 0 saturated heterocycles. The molecule has 9 heteroatoms. The van der Waals surface area contributed by atoms with E-state index >= 15 is 0 Å². The number of aromatic nitrogens is 2. The van der Waals surface area contributed by atoms with E-state index in [0.29, 0.717) is 18.9 Å². The molecule has 0 radical (unpaired) electrons. The van der Waals surface area contributed by atoms with Gasteiger partial charge in [0, 0.05) is 13.5 Å². The summed E-state index contributed by atoms with van der Waals surface area (Å²) in [7, 11) is 0. The lowest BCUT2D eigenvalue weighted by atomic mass is 9.98. The van der Waals surface area contributed by atoms with Crippen LogP contribution in [0.2, 0.25) is 0 Å². The van der Waals surface area contributed by atoms with Gasteiger partial charge in [-0.3, -0.25) is 0 Å². The van der Waals surface area contributed by atoms with Crippen LogP contribution in [0.5, 0.6) is 0 Å². The van der Waals surface area contributed by atoms with Gasteiger partial charge in [-0.1, -0.05) is 42.5 Å². The number of halogens is 3. The largest absolute Gasteiger partial charge is 0.358 e. The molecule has 1 unspecified atom stereocenters. The minimum atomic E-state index is -0.443. The maximum absolute atomic E-state index is 13.7. The Labute approximate surface area is 174 Å². The average molecular weight is 427 g/mol. The van der Waals surface area contributed by atoms with Crippen molar-refractivity contribution >= 4 is 30.6 Å². The summed E-state index contributed by atoms with van der Waals surface area (Å²) in [5.74, 6) is 0.248. The Balaban J connectivity index is 0.00000196. The van der Waals surface area contributed by atoms with Crippen molar-refractivity contribution in [3.8, 4) is 0 Å². The molecule has 28 heavy (non-hydrogen) atoms. The number of nitrogens with zero attached hydrogens (tertiary/aromatic N) is 3. The van der Waals surface area contributed by atoms with Gasteiger partial charge in [-0.2, -0.15) is 0 Å². The van der Waals surface area contributed by atoms with Gasteiger partial charge in [0.05, 0.1) is 6.04 Å². The highest BCUT2D eigenvalue weighted by atomic mass is 35.5. The molecule has 0 fully saturated rings. The second-order valence-electron chi connectivity index (χ2n) is 5.93. The average Bonchev–Trinajstić information content (AvgIpc) is 3.00. The van der Waals surface area contributed by atoms with Crippen molar-refractivity contribution in [3.63, 3.8) is 0 Å². The molecular weight excluding hydrogens is 406 g/mol. The summed E-state index contributed by atoms with van der Waals surface area (Å²) in [6.07, 6.45) is 1.26. The summed E-state index contributed by atoms with van der Waals surface area (Å²) in [6.45, 7) is 2.59. The van der Waals surface area contributed by atoms with E-state index in [4.69, 9.17) is 0 Å². The maximum atomic E-state index is 13.7. The van der Waals surface area contributed by atoms with E-state index in [2.05, 4.69) is 10.3 Å². The molecule has 0 spiro atoms. The lowest BCUT2D eigenvalue weighted by Gasteiger charge is -2.20. The zero-order valence-corrected chi connectivity index (χ0v) is 16.8. The Morgan fingerprint density at radius 1 is 1.14 bits per heavy atom. The van der Waals surface area contributed by atoms with Gasteiger partial charge in [0.1, 0.15) is 18.6 Å². The summed E-state index contributed by atoms with van der Waals surface area (Å²) in [4.78, 5) is 14.7. The van der Waals surface area contributed by atoms with Crippen molar-refractivity contribution in [2.75, 3.05) is 6.54 Å². The highest BCUT2D eigenvalue weighted by Crippen LogP contribution is 2.22. The summed E-state index contributed by atoms with van der Waals surface area (Å²) >= 11 is 0. The van der Waals surface area contributed by atoms with E-state index in [9.17, 15) is 14.5 Å². The summed E-state index contributed by atoms with van der Waals surface area (Å²) in [5.41, 5.74) is 1.79. The molecule has 0 bridgehead atoms. The molecule has 1 N–H and O–H groups in total. The first-order chi connectivity index (χ1) is 12.6. The molecule has 0 aliphatic carbocycles. The number of nitrogens with one attached hydrogen (secondary N) is 1. The monoisotopic (exact) mass is 426 g/mol. The van der Waals surface area contributed by atoms with Crippen LogP contribution in [0.15, 0.2) is 60.8 Å². The minimum Gasteiger partial charge on any atom is -0.358 e. The molecule has 2 aromatic carbocycles. The van der Waals surface area contributed by atoms with Crippen LogP contribution >= 0.6 is 24.8 Å². The lowest BCUT2D eigenvalue weighted by molar-refractivity contribution is -0.392. The Hall–Kier alpha value is -2.48. The number of nitro groups is 1. The SMILES string of the molecule is Cc1ncc([N+](=O)[O-])n1CCNC(c1ccccc1)c1cccc(F)c1.Cl.Cl. The summed E-state index contributed by atoms with van der Waals surface area (Å²) in [5, 5.41) is 14.5. The molecule has 0 amide bonds. The second kappa shape index (κ2) is 10.8. The smallest absolute Gasteiger partial charge is 0.342 e. The predicted octanol–water partition coefficient (Wildman–Crippen LogP) is 4.46. The topological polar surface area (TPSA) is 73.0 Å². The molecule has 150 valence electrons. The number of rotatable bonds is 7. The Morgan fingerprint density at radius 2 is 1.82 bits per heavy atom.